The maximum Gasteiger partial charge on any atom is 0.241 e. The van der Waals surface area contributed by atoms with Gasteiger partial charge in [-0.15, -0.1) is 0 Å². The molecule has 2 N–H and O–H groups in total. The molecule has 88 valence electrons. The van der Waals surface area contributed by atoms with Crippen molar-refractivity contribution >= 4 is 33.6 Å². The molecule has 1 heterocycles. The molecule has 0 saturated carbocycles. The SMILES string of the molecule is CN(C)C(=O)CN(C)c1nc(N)ncc1Br. The van der Waals surface area contributed by atoms with E-state index in [0.29, 0.717) is 10.3 Å². The highest BCUT2D eigenvalue weighted by molar-refractivity contribution is 9.10. The Bertz CT molecular complexity index is 395. The van der Waals surface area contributed by atoms with Crippen molar-refractivity contribution in [3.63, 3.8) is 0 Å². The fourth-order valence-corrected chi connectivity index (χ4v) is 1.55. The minimum atomic E-state index is -0.00779. The lowest BCUT2D eigenvalue weighted by Gasteiger charge is -2.20. The van der Waals surface area contributed by atoms with E-state index < -0.39 is 0 Å². The summed E-state index contributed by atoms with van der Waals surface area (Å²) in [4.78, 5) is 22.6. The Morgan fingerprint density at radius 3 is 2.69 bits per heavy atom. The standard InChI is InChI=1S/C9H14BrN5O/c1-14(2)7(16)5-15(3)8-6(10)4-12-9(11)13-8/h4H,5H2,1-3H3,(H2,11,12,13). The van der Waals surface area contributed by atoms with E-state index in [2.05, 4.69) is 25.9 Å². The van der Waals surface area contributed by atoms with Crippen LogP contribution in [0.2, 0.25) is 0 Å². The second-order valence-electron chi connectivity index (χ2n) is 3.54. The molecule has 6 nitrogen and oxygen atoms in total. The van der Waals surface area contributed by atoms with Gasteiger partial charge in [0.1, 0.15) is 5.82 Å². The monoisotopic (exact) mass is 287 g/mol. The van der Waals surface area contributed by atoms with Gasteiger partial charge in [-0.2, -0.15) is 4.98 Å². The summed E-state index contributed by atoms with van der Waals surface area (Å²) >= 11 is 3.31. The molecule has 7 heteroatoms. The van der Waals surface area contributed by atoms with Crippen molar-refractivity contribution in [2.45, 2.75) is 0 Å². The summed E-state index contributed by atoms with van der Waals surface area (Å²) in [5.41, 5.74) is 5.49. The van der Waals surface area contributed by atoms with Crippen LogP contribution < -0.4 is 10.6 Å². The molecule has 0 aromatic carbocycles. The zero-order chi connectivity index (χ0) is 12.3. The Morgan fingerprint density at radius 2 is 2.12 bits per heavy atom. The predicted octanol–water partition coefficient (Wildman–Crippen LogP) is 0.346. The predicted molar refractivity (Wildman–Crippen MR) is 66.1 cm³/mol. The smallest absolute Gasteiger partial charge is 0.241 e. The second kappa shape index (κ2) is 5.11. The third-order valence-corrected chi connectivity index (χ3v) is 2.54. The van der Waals surface area contributed by atoms with Crippen LogP contribution in [0.4, 0.5) is 11.8 Å². The number of hydrogen-bond acceptors (Lipinski definition) is 5. The van der Waals surface area contributed by atoms with Crippen LogP contribution in [0.25, 0.3) is 0 Å². The summed E-state index contributed by atoms with van der Waals surface area (Å²) < 4.78 is 0.704. The number of anilines is 2. The molecule has 0 spiro atoms. The van der Waals surface area contributed by atoms with Gasteiger partial charge < -0.3 is 15.5 Å². The number of hydrogen-bond donors (Lipinski definition) is 1. The number of nitrogens with two attached hydrogens (primary N) is 1. The zero-order valence-electron chi connectivity index (χ0n) is 9.44. The van der Waals surface area contributed by atoms with Crippen molar-refractivity contribution in [2.75, 3.05) is 38.3 Å². The molecule has 0 fully saturated rings. The molecule has 1 aromatic rings. The van der Waals surface area contributed by atoms with Gasteiger partial charge in [0.05, 0.1) is 11.0 Å². The van der Waals surface area contributed by atoms with Gasteiger partial charge >= 0.3 is 0 Å². The van der Waals surface area contributed by atoms with E-state index in [1.165, 1.54) is 4.90 Å². The fraction of sp³-hybridized carbons (Fsp3) is 0.444. The Labute approximate surface area is 103 Å². The molecule has 0 aliphatic carbocycles. The highest BCUT2D eigenvalue weighted by Gasteiger charge is 2.13. The summed E-state index contributed by atoms with van der Waals surface area (Å²) in [6, 6.07) is 0. The van der Waals surface area contributed by atoms with E-state index in [1.807, 2.05) is 0 Å². The van der Waals surface area contributed by atoms with Crippen LogP contribution in [0.15, 0.2) is 10.7 Å². The van der Waals surface area contributed by atoms with Crippen molar-refractivity contribution in [1.29, 1.82) is 0 Å². The average Bonchev–Trinajstić information content (AvgIpc) is 2.21. The van der Waals surface area contributed by atoms with Gasteiger partial charge in [0, 0.05) is 27.3 Å². The van der Waals surface area contributed by atoms with Crippen LogP contribution in [0.1, 0.15) is 0 Å². The van der Waals surface area contributed by atoms with E-state index in [4.69, 9.17) is 5.73 Å². The van der Waals surface area contributed by atoms with E-state index in [-0.39, 0.29) is 18.4 Å². The maximum absolute atomic E-state index is 11.5. The van der Waals surface area contributed by atoms with Gasteiger partial charge in [-0.25, -0.2) is 4.98 Å². The molecule has 0 bridgehead atoms. The molecule has 1 amide bonds. The quantitative estimate of drug-likeness (QED) is 0.868. The normalized spacial score (nSPS) is 10.0. The highest BCUT2D eigenvalue weighted by Crippen LogP contribution is 2.22. The van der Waals surface area contributed by atoms with E-state index in [0.717, 1.165) is 0 Å². The van der Waals surface area contributed by atoms with Crippen molar-refractivity contribution < 1.29 is 4.79 Å². The third-order valence-electron chi connectivity index (χ3n) is 1.98. The lowest BCUT2D eigenvalue weighted by Crippen LogP contribution is -2.35. The molecule has 0 aliphatic rings. The Hall–Kier alpha value is -1.37. The van der Waals surface area contributed by atoms with Gasteiger partial charge in [0.25, 0.3) is 0 Å². The van der Waals surface area contributed by atoms with Crippen LogP contribution in [-0.2, 0) is 4.79 Å². The number of aromatic nitrogens is 2. The lowest BCUT2D eigenvalue weighted by molar-refractivity contribution is -0.127. The minimum absolute atomic E-state index is 0.00779. The van der Waals surface area contributed by atoms with Gasteiger partial charge in [0.15, 0.2) is 0 Å². The largest absolute Gasteiger partial charge is 0.368 e. The summed E-state index contributed by atoms with van der Waals surface area (Å²) in [5, 5.41) is 0. The molecule has 1 rings (SSSR count). The van der Waals surface area contributed by atoms with Crippen LogP contribution in [0, 0.1) is 0 Å². The van der Waals surface area contributed by atoms with Gasteiger partial charge in [-0.1, -0.05) is 0 Å². The first kappa shape index (κ1) is 12.7. The first-order chi connectivity index (χ1) is 7.41. The molecule has 16 heavy (non-hydrogen) atoms. The summed E-state index contributed by atoms with van der Waals surface area (Å²) in [7, 11) is 5.19. The van der Waals surface area contributed by atoms with Crippen molar-refractivity contribution in [1.82, 2.24) is 14.9 Å². The van der Waals surface area contributed by atoms with E-state index >= 15 is 0 Å². The number of carbonyl (C=O) groups excluding carboxylic acids is 1. The summed E-state index contributed by atoms with van der Waals surface area (Å²) in [6.07, 6.45) is 1.56. The molecular formula is C9H14BrN5O. The maximum atomic E-state index is 11.5. The van der Waals surface area contributed by atoms with Crippen molar-refractivity contribution in [3.8, 4) is 0 Å². The molecule has 1 aromatic heterocycles. The summed E-state index contributed by atoms with van der Waals surface area (Å²) in [5.74, 6) is 0.775. The molecule has 0 radical (unpaired) electrons. The number of nitrogen functional groups attached to an aromatic ring is 1. The number of nitrogens with zero attached hydrogens (tertiary/aromatic N) is 4. The zero-order valence-corrected chi connectivity index (χ0v) is 11.0. The number of likely N-dealkylation sites (N-methyl/N-ethyl adjacent to an activating group) is 2. The van der Waals surface area contributed by atoms with Crippen LogP contribution in [-0.4, -0.2) is 48.5 Å². The van der Waals surface area contributed by atoms with Crippen LogP contribution in [0.5, 0.6) is 0 Å². The number of rotatable bonds is 3. The molecule has 0 aliphatic heterocycles. The topological polar surface area (TPSA) is 75.4 Å². The number of halogens is 1. The van der Waals surface area contributed by atoms with E-state index in [1.54, 1.807) is 32.2 Å². The third kappa shape index (κ3) is 3.06. The van der Waals surface area contributed by atoms with Crippen LogP contribution >= 0.6 is 15.9 Å². The summed E-state index contributed by atoms with van der Waals surface area (Å²) in [6.45, 7) is 0.238. The minimum Gasteiger partial charge on any atom is -0.368 e. The average molecular weight is 288 g/mol. The lowest BCUT2D eigenvalue weighted by atomic mass is 10.4. The molecular weight excluding hydrogens is 274 g/mol. The van der Waals surface area contributed by atoms with Crippen LogP contribution in [0.3, 0.4) is 0 Å². The second-order valence-corrected chi connectivity index (χ2v) is 4.40. The number of amides is 1. The van der Waals surface area contributed by atoms with Crippen molar-refractivity contribution in [3.05, 3.63) is 10.7 Å². The number of carbonyl (C=O) groups is 1. The highest BCUT2D eigenvalue weighted by atomic mass is 79.9. The van der Waals surface area contributed by atoms with Crippen molar-refractivity contribution in [2.24, 2.45) is 0 Å². The molecule has 0 atom stereocenters. The van der Waals surface area contributed by atoms with Gasteiger partial charge in [0.2, 0.25) is 11.9 Å². The van der Waals surface area contributed by atoms with E-state index in [9.17, 15) is 4.79 Å². The fourth-order valence-electron chi connectivity index (χ4n) is 1.06. The Kier molecular flexibility index (Phi) is 4.05. The molecule has 0 saturated heterocycles. The Balaban J connectivity index is 2.84. The first-order valence-electron chi connectivity index (χ1n) is 4.61. The van der Waals surface area contributed by atoms with Gasteiger partial charge in [-0.05, 0) is 15.9 Å². The molecule has 0 unspecified atom stereocenters. The first-order valence-corrected chi connectivity index (χ1v) is 5.40. The van der Waals surface area contributed by atoms with Gasteiger partial charge in [-0.3, -0.25) is 4.79 Å². The Morgan fingerprint density at radius 1 is 1.50 bits per heavy atom.